The number of hydrogen-bond donors (Lipinski definition) is 1. The number of nitrogens with one attached hydrogen (secondary N) is 1. The van der Waals surface area contributed by atoms with E-state index < -0.39 is 0 Å². The number of carbonyl (C=O) groups is 1. The van der Waals surface area contributed by atoms with E-state index in [1.54, 1.807) is 0 Å². The average Bonchev–Trinajstić information content (AvgIpc) is 3.22. The summed E-state index contributed by atoms with van der Waals surface area (Å²) in [5.74, 6) is 1.64. The van der Waals surface area contributed by atoms with Crippen LogP contribution in [0.25, 0.3) is 0 Å². The molecule has 0 spiro atoms. The zero-order valence-electron chi connectivity index (χ0n) is 18.8. The van der Waals surface area contributed by atoms with Gasteiger partial charge in [-0.25, -0.2) is 0 Å². The largest absolute Gasteiger partial charge is 0.486 e. The Bertz CT molecular complexity index is 897. The van der Waals surface area contributed by atoms with Crippen molar-refractivity contribution >= 4 is 17.3 Å². The molecule has 0 radical (unpaired) electrons. The molecule has 1 unspecified atom stereocenters. The highest BCUT2D eigenvalue weighted by Gasteiger charge is 2.28. The molecule has 1 fully saturated rings. The van der Waals surface area contributed by atoms with E-state index >= 15 is 0 Å². The first-order chi connectivity index (χ1) is 15.0. The Morgan fingerprint density at radius 1 is 1.13 bits per heavy atom. The lowest BCUT2D eigenvalue weighted by atomic mass is 10.0. The van der Waals surface area contributed by atoms with Crippen LogP contribution in [0.1, 0.15) is 45.2 Å². The molecule has 1 amide bonds. The highest BCUT2D eigenvalue weighted by atomic mass is 16.6. The number of amides is 1. The van der Waals surface area contributed by atoms with Crippen LogP contribution in [0.2, 0.25) is 0 Å². The summed E-state index contributed by atoms with van der Waals surface area (Å²) in [6.45, 7) is 9.97. The highest BCUT2D eigenvalue weighted by molar-refractivity contribution is 5.92. The Morgan fingerprint density at radius 2 is 1.87 bits per heavy atom. The van der Waals surface area contributed by atoms with Gasteiger partial charge in [-0.15, -0.1) is 0 Å². The van der Waals surface area contributed by atoms with Crippen LogP contribution < -0.4 is 19.7 Å². The van der Waals surface area contributed by atoms with Gasteiger partial charge < -0.3 is 19.7 Å². The Hall–Kier alpha value is -2.73. The number of likely N-dealkylation sites (tertiary alicyclic amines) is 1. The summed E-state index contributed by atoms with van der Waals surface area (Å²) >= 11 is 0. The SMILES string of the molecule is CCN(c1ccc(NC(=O)CN2CCCC2c2ccc3c(c2)OCCO3)cc1)C(C)C. The summed E-state index contributed by atoms with van der Waals surface area (Å²) in [5, 5.41) is 3.06. The summed E-state index contributed by atoms with van der Waals surface area (Å²) < 4.78 is 11.4. The van der Waals surface area contributed by atoms with Gasteiger partial charge in [0.15, 0.2) is 11.5 Å². The van der Waals surface area contributed by atoms with Crippen molar-refractivity contribution < 1.29 is 14.3 Å². The van der Waals surface area contributed by atoms with E-state index in [0.717, 1.165) is 43.1 Å². The van der Waals surface area contributed by atoms with Crippen molar-refractivity contribution in [2.24, 2.45) is 0 Å². The monoisotopic (exact) mass is 423 g/mol. The fourth-order valence-corrected chi connectivity index (χ4v) is 4.63. The second-order valence-corrected chi connectivity index (χ2v) is 8.51. The van der Waals surface area contributed by atoms with Crippen molar-refractivity contribution in [1.29, 1.82) is 0 Å². The number of carbonyl (C=O) groups excluding carboxylic acids is 1. The molecule has 0 aromatic heterocycles. The second kappa shape index (κ2) is 9.60. The molecule has 2 aromatic rings. The minimum atomic E-state index is 0.0217. The Morgan fingerprint density at radius 3 is 2.58 bits per heavy atom. The van der Waals surface area contributed by atoms with Crippen LogP contribution in [0.15, 0.2) is 42.5 Å². The van der Waals surface area contributed by atoms with E-state index in [4.69, 9.17) is 9.47 Å². The Kier molecular flexibility index (Phi) is 6.66. The fraction of sp³-hybridized carbons (Fsp3) is 0.480. The summed E-state index contributed by atoms with van der Waals surface area (Å²) in [7, 11) is 0. The van der Waals surface area contributed by atoms with Gasteiger partial charge in [0.05, 0.1) is 6.54 Å². The van der Waals surface area contributed by atoms with Crippen molar-refractivity contribution in [2.75, 3.05) is 43.1 Å². The molecule has 166 valence electrons. The molecule has 2 aliphatic heterocycles. The molecule has 31 heavy (non-hydrogen) atoms. The summed E-state index contributed by atoms with van der Waals surface area (Å²) in [5.41, 5.74) is 3.20. The molecule has 1 atom stereocenters. The number of fused-ring (bicyclic) bond motifs is 1. The average molecular weight is 424 g/mol. The smallest absolute Gasteiger partial charge is 0.238 e. The quantitative estimate of drug-likeness (QED) is 0.712. The number of anilines is 2. The van der Waals surface area contributed by atoms with Gasteiger partial charge in [0.1, 0.15) is 13.2 Å². The van der Waals surface area contributed by atoms with Crippen LogP contribution in [0.4, 0.5) is 11.4 Å². The van der Waals surface area contributed by atoms with Crippen LogP contribution in [0.5, 0.6) is 11.5 Å². The predicted octanol–water partition coefficient (Wildman–Crippen LogP) is 4.47. The van der Waals surface area contributed by atoms with Gasteiger partial charge in [-0.3, -0.25) is 9.69 Å². The van der Waals surface area contributed by atoms with Crippen LogP contribution in [0, 0.1) is 0 Å². The normalized spacial score (nSPS) is 18.3. The van der Waals surface area contributed by atoms with E-state index in [-0.39, 0.29) is 11.9 Å². The number of ether oxygens (including phenoxy) is 2. The van der Waals surface area contributed by atoms with Crippen LogP contribution in [0.3, 0.4) is 0 Å². The van der Waals surface area contributed by atoms with Crippen LogP contribution in [-0.4, -0.2) is 49.7 Å². The summed E-state index contributed by atoms with van der Waals surface area (Å²) in [6.07, 6.45) is 2.13. The minimum Gasteiger partial charge on any atom is -0.486 e. The van der Waals surface area contributed by atoms with Crippen molar-refractivity contribution in [1.82, 2.24) is 4.90 Å². The molecule has 0 bridgehead atoms. The van der Waals surface area contributed by atoms with Crippen molar-refractivity contribution in [3.8, 4) is 11.5 Å². The molecule has 6 heteroatoms. The maximum Gasteiger partial charge on any atom is 0.238 e. The summed E-state index contributed by atoms with van der Waals surface area (Å²) in [6, 6.07) is 15.0. The van der Waals surface area contributed by atoms with E-state index in [1.165, 1.54) is 11.3 Å². The lowest BCUT2D eigenvalue weighted by Gasteiger charge is -2.28. The maximum absolute atomic E-state index is 12.8. The lowest BCUT2D eigenvalue weighted by Crippen LogP contribution is -2.33. The van der Waals surface area contributed by atoms with Gasteiger partial charge in [-0.05, 0) is 82.1 Å². The van der Waals surface area contributed by atoms with E-state index in [0.29, 0.717) is 25.8 Å². The molecule has 1 N–H and O–H groups in total. The Labute approximate surface area is 185 Å². The molecule has 4 rings (SSSR count). The molecule has 0 aliphatic carbocycles. The first-order valence-corrected chi connectivity index (χ1v) is 11.4. The molecular weight excluding hydrogens is 390 g/mol. The number of benzene rings is 2. The van der Waals surface area contributed by atoms with Gasteiger partial charge in [-0.2, -0.15) is 0 Å². The minimum absolute atomic E-state index is 0.0217. The van der Waals surface area contributed by atoms with Crippen LogP contribution >= 0.6 is 0 Å². The molecule has 0 saturated carbocycles. The van der Waals surface area contributed by atoms with Gasteiger partial charge in [0.25, 0.3) is 0 Å². The number of nitrogens with zero attached hydrogens (tertiary/aromatic N) is 2. The van der Waals surface area contributed by atoms with Crippen LogP contribution in [-0.2, 0) is 4.79 Å². The topological polar surface area (TPSA) is 54.0 Å². The zero-order chi connectivity index (χ0) is 21.8. The van der Waals surface area contributed by atoms with Gasteiger partial charge in [-0.1, -0.05) is 6.07 Å². The molecule has 2 heterocycles. The van der Waals surface area contributed by atoms with Gasteiger partial charge in [0, 0.05) is 30.0 Å². The molecular formula is C25H33N3O3. The molecule has 2 aliphatic rings. The third-order valence-electron chi connectivity index (χ3n) is 6.11. The number of hydrogen-bond acceptors (Lipinski definition) is 5. The maximum atomic E-state index is 12.8. The number of rotatable bonds is 7. The second-order valence-electron chi connectivity index (χ2n) is 8.51. The highest BCUT2D eigenvalue weighted by Crippen LogP contribution is 2.38. The first kappa shape index (κ1) is 21.5. The van der Waals surface area contributed by atoms with Gasteiger partial charge in [0.2, 0.25) is 5.91 Å². The molecule has 6 nitrogen and oxygen atoms in total. The zero-order valence-corrected chi connectivity index (χ0v) is 18.8. The van der Waals surface area contributed by atoms with Crippen molar-refractivity contribution in [2.45, 2.75) is 45.7 Å². The van der Waals surface area contributed by atoms with E-state index in [9.17, 15) is 4.79 Å². The van der Waals surface area contributed by atoms with E-state index in [2.05, 4.69) is 60.2 Å². The lowest BCUT2D eigenvalue weighted by molar-refractivity contribution is -0.117. The molecule has 2 aromatic carbocycles. The van der Waals surface area contributed by atoms with Gasteiger partial charge >= 0.3 is 0 Å². The molecule has 1 saturated heterocycles. The third-order valence-corrected chi connectivity index (χ3v) is 6.11. The predicted molar refractivity (Wildman–Crippen MR) is 124 cm³/mol. The van der Waals surface area contributed by atoms with Crippen molar-refractivity contribution in [3.63, 3.8) is 0 Å². The fourth-order valence-electron chi connectivity index (χ4n) is 4.63. The summed E-state index contributed by atoms with van der Waals surface area (Å²) in [4.78, 5) is 17.3. The first-order valence-electron chi connectivity index (χ1n) is 11.4. The Balaban J connectivity index is 1.38. The van der Waals surface area contributed by atoms with E-state index in [1.807, 2.05) is 18.2 Å². The standard InChI is InChI=1S/C25H33N3O3/c1-4-28(18(2)3)21-10-8-20(9-11-21)26-25(29)17-27-13-5-6-22(27)19-7-12-23-24(16-19)31-15-14-30-23/h7-12,16,18,22H,4-6,13-15,17H2,1-3H3,(H,26,29). The van der Waals surface area contributed by atoms with Crippen molar-refractivity contribution in [3.05, 3.63) is 48.0 Å². The third kappa shape index (κ3) is 4.96.